The van der Waals surface area contributed by atoms with E-state index in [1.54, 1.807) is 26.1 Å². The van der Waals surface area contributed by atoms with E-state index >= 15 is 0 Å². The van der Waals surface area contributed by atoms with Crippen LogP contribution in [-0.2, 0) is 4.79 Å². The smallest absolute Gasteiger partial charge is 0.225 e. The molecule has 0 fully saturated rings. The van der Waals surface area contributed by atoms with E-state index in [0.29, 0.717) is 0 Å². The highest BCUT2D eigenvalue weighted by Gasteiger charge is 2.11. The van der Waals surface area contributed by atoms with E-state index in [9.17, 15) is 9.18 Å². The second-order valence-corrected chi connectivity index (χ2v) is 4.15. The van der Waals surface area contributed by atoms with Gasteiger partial charge >= 0.3 is 0 Å². The molecule has 0 bridgehead atoms. The van der Waals surface area contributed by atoms with Crippen molar-refractivity contribution in [1.82, 2.24) is 4.90 Å². The molecule has 1 rings (SSSR count). The first kappa shape index (κ1) is 14.4. The third kappa shape index (κ3) is 4.71. The zero-order valence-electron chi connectivity index (χ0n) is 10.6. The second-order valence-electron chi connectivity index (χ2n) is 4.15. The number of aliphatic hydroxyl groups is 1. The van der Waals surface area contributed by atoms with Crippen LogP contribution in [0.3, 0.4) is 0 Å². The highest BCUT2D eigenvalue weighted by molar-refractivity contribution is 5.76. The van der Waals surface area contributed by atoms with E-state index in [4.69, 9.17) is 9.84 Å². The molecule has 0 aliphatic carbocycles. The first-order chi connectivity index (χ1) is 8.50. The van der Waals surface area contributed by atoms with Crippen LogP contribution in [-0.4, -0.2) is 42.2 Å². The molecule has 0 saturated carbocycles. The van der Waals surface area contributed by atoms with E-state index in [0.717, 1.165) is 0 Å². The van der Waals surface area contributed by atoms with Crippen molar-refractivity contribution >= 4 is 5.91 Å². The Labute approximate surface area is 106 Å². The van der Waals surface area contributed by atoms with Crippen LogP contribution in [0, 0.1) is 5.82 Å². The first-order valence-electron chi connectivity index (χ1n) is 5.80. The molecule has 1 aromatic rings. The van der Waals surface area contributed by atoms with Gasteiger partial charge in [-0.1, -0.05) is 12.1 Å². The summed E-state index contributed by atoms with van der Waals surface area (Å²) in [6, 6.07) is 6.06. The molecule has 5 heteroatoms. The molecule has 0 spiro atoms. The molecule has 0 aliphatic heterocycles. The highest BCUT2D eigenvalue weighted by atomic mass is 19.1. The van der Waals surface area contributed by atoms with Crippen molar-refractivity contribution in [2.45, 2.75) is 19.4 Å². The highest BCUT2D eigenvalue weighted by Crippen LogP contribution is 2.15. The quantitative estimate of drug-likeness (QED) is 0.836. The van der Waals surface area contributed by atoms with Crippen LogP contribution >= 0.6 is 0 Å². The van der Waals surface area contributed by atoms with Crippen LogP contribution in [0.5, 0.6) is 5.75 Å². The number of nitrogens with zero attached hydrogens (tertiary/aromatic N) is 1. The molecule has 1 atom stereocenters. The fourth-order valence-corrected chi connectivity index (χ4v) is 1.50. The van der Waals surface area contributed by atoms with Crippen molar-refractivity contribution in [3.8, 4) is 5.75 Å². The molecule has 1 amide bonds. The Morgan fingerprint density at radius 1 is 1.50 bits per heavy atom. The zero-order valence-corrected chi connectivity index (χ0v) is 10.6. The number of rotatable bonds is 6. The summed E-state index contributed by atoms with van der Waals surface area (Å²) in [5.74, 6) is -0.446. The van der Waals surface area contributed by atoms with E-state index in [1.165, 1.54) is 17.0 Å². The number of ether oxygens (including phenoxy) is 1. The topological polar surface area (TPSA) is 49.8 Å². The van der Waals surface area contributed by atoms with Gasteiger partial charge in [0.2, 0.25) is 5.91 Å². The molecule has 0 aliphatic rings. The lowest BCUT2D eigenvalue weighted by atomic mass is 10.3. The predicted molar refractivity (Wildman–Crippen MR) is 65.8 cm³/mol. The molecule has 0 radical (unpaired) electrons. The molecule has 1 N–H and O–H groups in total. The minimum absolute atomic E-state index is 0.115. The first-order valence-corrected chi connectivity index (χ1v) is 5.80. The maximum absolute atomic E-state index is 13.2. The summed E-state index contributed by atoms with van der Waals surface area (Å²) in [4.78, 5) is 13.0. The number of carbonyl (C=O) groups excluding carboxylic acids is 1. The Hall–Kier alpha value is -1.62. The van der Waals surface area contributed by atoms with Crippen molar-refractivity contribution < 1.29 is 19.0 Å². The van der Waals surface area contributed by atoms with E-state index in [1.807, 2.05) is 0 Å². The lowest BCUT2D eigenvalue weighted by Crippen LogP contribution is -2.33. The molecule has 1 aromatic carbocycles. The number of para-hydroxylation sites is 1. The summed E-state index contributed by atoms with van der Waals surface area (Å²) in [6.45, 7) is 2.00. The van der Waals surface area contributed by atoms with Gasteiger partial charge in [-0.05, 0) is 19.1 Å². The van der Waals surface area contributed by atoms with Gasteiger partial charge in [0.05, 0.1) is 19.1 Å². The van der Waals surface area contributed by atoms with Crippen molar-refractivity contribution in [1.29, 1.82) is 0 Å². The number of carbonyl (C=O) groups is 1. The summed E-state index contributed by atoms with van der Waals surface area (Å²) in [5, 5.41) is 9.14. The number of hydrogen-bond acceptors (Lipinski definition) is 3. The van der Waals surface area contributed by atoms with Crippen molar-refractivity contribution in [3.63, 3.8) is 0 Å². The molecule has 1 unspecified atom stereocenters. The average molecular weight is 255 g/mol. The minimum Gasteiger partial charge on any atom is -0.490 e. The van der Waals surface area contributed by atoms with Gasteiger partial charge in [0.25, 0.3) is 0 Å². The molecular formula is C13H18FNO3. The Balaban J connectivity index is 2.34. The van der Waals surface area contributed by atoms with Gasteiger partial charge in [0, 0.05) is 13.6 Å². The monoisotopic (exact) mass is 255 g/mol. The fraction of sp³-hybridized carbons (Fsp3) is 0.462. The molecule has 0 aromatic heterocycles. The number of amides is 1. The molecular weight excluding hydrogens is 237 g/mol. The lowest BCUT2D eigenvalue weighted by Gasteiger charge is -2.18. The maximum Gasteiger partial charge on any atom is 0.225 e. The number of likely N-dealkylation sites (N-methyl/N-ethyl adjacent to an activating group) is 1. The number of benzene rings is 1. The summed E-state index contributed by atoms with van der Waals surface area (Å²) in [7, 11) is 1.61. The predicted octanol–water partition coefficient (Wildman–Crippen LogP) is 1.43. The molecule has 18 heavy (non-hydrogen) atoms. The van der Waals surface area contributed by atoms with Gasteiger partial charge in [-0.2, -0.15) is 0 Å². The van der Waals surface area contributed by atoms with Gasteiger partial charge in [-0.25, -0.2) is 4.39 Å². The van der Waals surface area contributed by atoms with Crippen molar-refractivity contribution in [3.05, 3.63) is 30.1 Å². The third-order valence-corrected chi connectivity index (χ3v) is 2.37. The summed E-state index contributed by atoms with van der Waals surface area (Å²) in [6.07, 6.45) is -0.413. The summed E-state index contributed by atoms with van der Waals surface area (Å²) < 4.78 is 18.4. The Kier molecular flexibility index (Phi) is 5.58. The number of aliphatic hydroxyl groups excluding tert-OH is 1. The third-order valence-electron chi connectivity index (χ3n) is 2.37. The number of hydrogen-bond donors (Lipinski definition) is 1. The van der Waals surface area contributed by atoms with Gasteiger partial charge in [0.1, 0.15) is 0 Å². The minimum atomic E-state index is -0.563. The van der Waals surface area contributed by atoms with Gasteiger partial charge in [0.15, 0.2) is 11.6 Å². The largest absolute Gasteiger partial charge is 0.490 e. The lowest BCUT2D eigenvalue weighted by molar-refractivity contribution is -0.131. The van der Waals surface area contributed by atoms with Crippen LogP contribution < -0.4 is 4.74 Å². The SMILES string of the molecule is CC(O)CN(C)C(=O)CCOc1ccccc1F. The molecule has 100 valence electrons. The van der Waals surface area contributed by atoms with Crippen molar-refractivity contribution in [2.24, 2.45) is 0 Å². The van der Waals surface area contributed by atoms with Gasteiger partial charge in [-0.3, -0.25) is 4.79 Å². The van der Waals surface area contributed by atoms with Crippen molar-refractivity contribution in [2.75, 3.05) is 20.2 Å². The Morgan fingerprint density at radius 2 is 2.17 bits per heavy atom. The second kappa shape index (κ2) is 6.96. The Morgan fingerprint density at radius 3 is 2.78 bits per heavy atom. The maximum atomic E-state index is 13.2. The van der Waals surface area contributed by atoms with Crippen LogP contribution in [0.1, 0.15) is 13.3 Å². The van der Waals surface area contributed by atoms with E-state index in [2.05, 4.69) is 0 Å². The summed E-state index contributed by atoms with van der Waals surface area (Å²) in [5.41, 5.74) is 0. The van der Waals surface area contributed by atoms with Gasteiger partial charge in [-0.15, -0.1) is 0 Å². The standard InChI is InChI=1S/C13H18FNO3/c1-10(16)9-15(2)13(17)7-8-18-12-6-4-3-5-11(12)14/h3-6,10,16H,7-9H2,1-2H3. The molecule has 4 nitrogen and oxygen atoms in total. The van der Waals surface area contributed by atoms with Gasteiger partial charge < -0.3 is 14.7 Å². The van der Waals surface area contributed by atoms with Crippen LogP contribution in [0.2, 0.25) is 0 Å². The summed E-state index contributed by atoms with van der Waals surface area (Å²) >= 11 is 0. The fourth-order valence-electron chi connectivity index (χ4n) is 1.50. The van der Waals surface area contributed by atoms with E-state index < -0.39 is 11.9 Å². The average Bonchev–Trinajstić information content (AvgIpc) is 2.30. The van der Waals surface area contributed by atoms with Crippen LogP contribution in [0.15, 0.2) is 24.3 Å². The molecule has 0 heterocycles. The number of halogens is 1. The van der Waals surface area contributed by atoms with E-state index in [-0.39, 0.29) is 31.2 Å². The Bertz CT molecular complexity index is 396. The van der Waals surface area contributed by atoms with Crippen LogP contribution in [0.25, 0.3) is 0 Å². The normalized spacial score (nSPS) is 12.0. The van der Waals surface area contributed by atoms with Crippen LogP contribution in [0.4, 0.5) is 4.39 Å². The molecule has 0 saturated heterocycles. The zero-order chi connectivity index (χ0) is 13.5.